The topological polar surface area (TPSA) is 34.1 Å². The number of aryl methyl sites for hydroxylation is 1. The summed E-state index contributed by atoms with van der Waals surface area (Å²) in [5.41, 5.74) is 2.04. The number of alkyl halides is 1. The number of ketones is 2. The van der Waals surface area contributed by atoms with Crippen molar-refractivity contribution in [3.63, 3.8) is 0 Å². The van der Waals surface area contributed by atoms with Crippen LogP contribution >= 0.6 is 15.9 Å². The Morgan fingerprint density at radius 2 is 1.80 bits per heavy atom. The second kappa shape index (κ2) is 5.21. The summed E-state index contributed by atoms with van der Waals surface area (Å²) in [5, 5.41) is 0. The Morgan fingerprint density at radius 3 is 2.20 bits per heavy atom. The molecule has 1 aromatic carbocycles. The van der Waals surface area contributed by atoms with E-state index in [0.29, 0.717) is 0 Å². The van der Waals surface area contributed by atoms with Gasteiger partial charge in [-0.3, -0.25) is 9.59 Å². The largest absolute Gasteiger partial charge is 0.291 e. The molecule has 0 aliphatic carbocycles. The van der Waals surface area contributed by atoms with Gasteiger partial charge in [-0.05, 0) is 17.5 Å². The van der Waals surface area contributed by atoms with Crippen LogP contribution in [0.2, 0.25) is 0 Å². The second-order valence-electron chi connectivity index (χ2n) is 3.38. The lowest BCUT2D eigenvalue weighted by Crippen LogP contribution is -2.15. The summed E-state index contributed by atoms with van der Waals surface area (Å²) >= 11 is 3.23. The summed E-state index contributed by atoms with van der Waals surface area (Å²) in [5.74, 6) is -0.823. The second-order valence-corrected chi connectivity index (χ2v) is 4.29. The van der Waals surface area contributed by atoms with E-state index < -0.39 is 16.4 Å². The lowest BCUT2D eigenvalue weighted by molar-refractivity contribution is -0.135. The standard InChI is InChI=1S/C12H13BrO2/c1-3-9-4-6-10(7-5-9)11(13)12(15)8(2)14/h4-7,11H,3H2,1-2H3. The van der Waals surface area contributed by atoms with E-state index in [9.17, 15) is 9.59 Å². The molecule has 0 fully saturated rings. The van der Waals surface area contributed by atoms with Gasteiger partial charge in [0.25, 0.3) is 0 Å². The van der Waals surface area contributed by atoms with Crippen LogP contribution in [-0.4, -0.2) is 11.6 Å². The normalized spacial score (nSPS) is 12.2. The highest BCUT2D eigenvalue weighted by Crippen LogP contribution is 2.24. The Morgan fingerprint density at radius 1 is 1.27 bits per heavy atom. The third-order valence-corrected chi connectivity index (χ3v) is 3.20. The molecule has 1 aromatic rings. The molecule has 0 saturated carbocycles. The average Bonchev–Trinajstić information content (AvgIpc) is 2.27. The average molecular weight is 269 g/mol. The van der Waals surface area contributed by atoms with Crippen LogP contribution in [0.15, 0.2) is 24.3 Å². The molecule has 2 nitrogen and oxygen atoms in total. The van der Waals surface area contributed by atoms with Crippen molar-refractivity contribution in [3.8, 4) is 0 Å². The van der Waals surface area contributed by atoms with E-state index in [1.165, 1.54) is 12.5 Å². The summed E-state index contributed by atoms with van der Waals surface area (Å²) in [6, 6.07) is 7.69. The SMILES string of the molecule is CCc1ccc(C(Br)C(=O)C(C)=O)cc1. The zero-order chi connectivity index (χ0) is 11.4. The first-order valence-electron chi connectivity index (χ1n) is 4.84. The maximum Gasteiger partial charge on any atom is 0.216 e. The molecule has 0 heterocycles. The van der Waals surface area contributed by atoms with Crippen LogP contribution in [0.3, 0.4) is 0 Å². The van der Waals surface area contributed by atoms with Gasteiger partial charge in [-0.15, -0.1) is 0 Å². The Balaban J connectivity index is 2.87. The fraction of sp³-hybridized carbons (Fsp3) is 0.333. The molecule has 0 aliphatic rings. The third kappa shape index (κ3) is 2.99. The molecular formula is C12H13BrO2. The van der Waals surface area contributed by atoms with E-state index >= 15 is 0 Å². The number of carbonyl (C=O) groups is 2. The number of Topliss-reactive ketones (excluding diaryl/α,β-unsaturated/α-hetero) is 2. The first kappa shape index (κ1) is 12.1. The molecule has 0 amide bonds. The Bertz CT molecular complexity index is 368. The number of benzene rings is 1. The van der Waals surface area contributed by atoms with Crippen molar-refractivity contribution in [2.24, 2.45) is 0 Å². The van der Waals surface area contributed by atoms with E-state index in [0.717, 1.165) is 12.0 Å². The smallest absolute Gasteiger partial charge is 0.216 e. The Labute approximate surface area is 97.8 Å². The van der Waals surface area contributed by atoms with E-state index in [1.54, 1.807) is 0 Å². The molecule has 0 spiro atoms. The number of rotatable bonds is 4. The van der Waals surface area contributed by atoms with Gasteiger partial charge in [0.05, 0.1) is 0 Å². The highest BCUT2D eigenvalue weighted by atomic mass is 79.9. The quantitative estimate of drug-likeness (QED) is 0.622. The van der Waals surface area contributed by atoms with Gasteiger partial charge in [-0.1, -0.05) is 47.1 Å². The number of carbonyl (C=O) groups excluding carboxylic acids is 2. The summed E-state index contributed by atoms with van der Waals surface area (Å²) < 4.78 is 0. The van der Waals surface area contributed by atoms with E-state index in [1.807, 2.05) is 24.3 Å². The van der Waals surface area contributed by atoms with Crippen molar-refractivity contribution >= 4 is 27.5 Å². The molecule has 3 heteroatoms. The van der Waals surface area contributed by atoms with Crippen LogP contribution in [0.1, 0.15) is 29.8 Å². The minimum absolute atomic E-state index is 0.403. The van der Waals surface area contributed by atoms with E-state index in [4.69, 9.17) is 0 Å². The van der Waals surface area contributed by atoms with Gasteiger partial charge in [-0.2, -0.15) is 0 Å². The zero-order valence-corrected chi connectivity index (χ0v) is 10.4. The van der Waals surface area contributed by atoms with Crippen LogP contribution in [0.4, 0.5) is 0 Å². The van der Waals surface area contributed by atoms with Gasteiger partial charge in [0.15, 0.2) is 5.78 Å². The van der Waals surface area contributed by atoms with Crippen LogP contribution < -0.4 is 0 Å². The Hall–Kier alpha value is -0.960. The first-order chi connectivity index (χ1) is 7.06. The van der Waals surface area contributed by atoms with Gasteiger partial charge in [0.1, 0.15) is 4.83 Å². The summed E-state index contributed by atoms with van der Waals surface area (Å²) in [4.78, 5) is 21.8. The molecule has 1 rings (SSSR count). The molecular weight excluding hydrogens is 256 g/mol. The van der Waals surface area contributed by atoms with Crippen molar-refractivity contribution in [1.82, 2.24) is 0 Å². The molecule has 1 unspecified atom stereocenters. The van der Waals surface area contributed by atoms with Crippen LogP contribution in [0, 0.1) is 0 Å². The van der Waals surface area contributed by atoms with Crippen molar-refractivity contribution in [1.29, 1.82) is 0 Å². The van der Waals surface area contributed by atoms with Crippen molar-refractivity contribution in [2.75, 3.05) is 0 Å². The van der Waals surface area contributed by atoms with Crippen molar-refractivity contribution < 1.29 is 9.59 Å². The fourth-order valence-corrected chi connectivity index (χ4v) is 1.88. The first-order valence-corrected chi connectivity index (χ1v) is 5.75. The van der Waals surface area contributed by atoms with Gasteiger partial charge < -0.3 is 0 Å². The van der Waals surface area contributed by atoms with Crippen LogP contribution in [0.25, 0.3) is 0 Å². The maximum atomic E-state index is 11.4. The summed E-state index contributed by atoms with van der Waals surface area (Å²) in [6.45, 7) is 3.36. The lowest BCUT2D eigenvalue weighted by Gasteiger charge is -2.07. The summed E-state index contributed by atoms with van der Waals surface area (Å²) in [6.07, 6.45) is 0.966. The van der Waals surface area contributed by atoms with Crippen LogP contribution in [-0.2, 0) is 16.0 Å². The molecule has 1 atom stereocenters. The minimum atomic E-state index is -0.513. The van der Waals surface area contributed by atoms with Crippen molar-refractivity contribution in [2.45, 2.75) is 25.1 Å². The molecule has 0 N–H and O–H groups in total. The highest BCUT2D eigenvalue weighted by Gasteiger charge is 2.20. The van der Waals surface area contributed by atoms with E-state index in [2.05, 4.69) is 22.9 Å². The van der Waals surface area contributed by atoms with Crippen molar-refractivity contribution in [3.05, 3.63) is 35.4 Å². The molecule has 15 heavy (non-hydrogen) atoms. The number of hydrogen-bond donors (Lipinski definition) is 0. The molecule has 0 bridgehead atoms. The molecule has 0 aromatic heterocycles. The molecule has 0 radical (unpaired) electrons. The Kier molecular flexibility index (Phi) is 4.21. The zero-order valence-electron chi connectivity index (χ0n) is 8.79. The minimum Gasteiger partial charge on any atom is -0.291 e. The fourth-order valence-electron chi connectivity index (χ4n) is 1.25. The van der Waals surface area contributed by atoms with Crippen LogP contribution in [0.5, 0.6) is 0 Å². The van der Waals surface area contributed by atoms with Gasteiger partial charge >= 0.3 is 0 Å². The predicted octanol–water partition coefficient (Wildman–Crippen LogP) is 2.84. The monoisotopic (exact) mass is 268 g/mol. The van der Waals surface area contributed by atoms with Gasteiger partial charge in [0.2, 0.25) is 5.78 Å². The predicted molar refractivity (Wildman–Crippen MR) is 63.2 cm³/mol. The maximum absolute atomic E-state index is 11.4. The van der Waals surface area contributed by atoms with Gasteiger partial charge in [0, 0.05) is 6.92 Å². The molecule has 0 aliphatic heterocycles. The van der Waals surface area contributed by atoms with Gasteiger partial charge in [-0.25, -0.2) is 0 Å². The molecule has 80 valence electrons. The summed E-state index contributed by atoms with van der Waals surface area (Å²) in [7, 11) is 0. The lowest BCUT2D eigenvalue weighted by atomic mass is 10.0. The molecule has 0 saturated heterocycles. The number of halogens is 1. The highest BCUT2D eigenvalue weighted by molar-refractivity contribution is 9.09. The third-order valence-electron chi connectivity index (χ3n) is 2.26. The van der Waals surface area contributed by atoms with E-state index in [-0.39, 0.29) is 0 Å². The number of hydrogen-bond acceptors (Lipinski definition) is 2.